The average Bonchev–Trinajstić information content (AvgIpc) is 2.83. The van der Waals surface area contributed by atoms with Crippen molar-refractivity contribution in [3.05, 3.63) is 34.7 Å². The molecule has 1 heterocycles. The number of carbonyl (C=O) groups is 2. The SMILES string of the molecule is CN(C)C(=S)Oc1ccc(/C=C2\SC(=S)N(CCCC(=O)O)C2=O)cc1. The second-order valence-electron chi connectivity index (χ2n) is 5.66. The summed E-state index contributed by atoms with van der Waals surface area (Å²) in [6.07, 6.45) is 2.13. The van der Waals surface area contributed by atoms with Crippen molar-refractivity contribution in [3.63, 3.8) is 0 Å². The van der Waals surface area contributed by atoms with Crippen molar-refractivity contribution in [2.24, 2.45) is 0 Å². The summed E-state index contributed by atoms with van der Waals surface area (Å²) in [5, 5.41) is 9.06. The van der Waals surface area contributed by atoms with E-state index in [1.807, 2.05) is 12.1 Å². The molecule has 0 spiro atoms. The third kappa shape index (κ3) is 5.52. The zero-order valence-electron chi connectivity index (χ0n) is 14.3. The molecule has 1 saturated heterocycles. The van der Waals surface area contributed by atoms with Gasteiger partial charge >= 0.3 is 5.97 Å². The Balaban J connectivity index is 2.03. The van der Waals surface area contributed by atoms with Crippen LogP contribution in [-0.4, -0.2) is 56.9 Å². The first-order chi connectivity index (χ1) is 12.3. The minimum atomic E-state index is -0.887. The number of carboxylic acid groups (broad SMARTS) is 1. The summed E-state index contributed by atoms with van der Waals surface area (Å²) < 4.78 is 5.95. The highest BCUT2D eigenvalue weighted by atomic mass is 32.2. The van der Waals surface area contributed by atoms with Gasteiger partial charge in [-0.1, -0.05) is 36.1 Å². The minimum Gasteiger partial charge on any atom is -0.481 e. The molecule has 1 fully saturated rings. The van der Waals surface area contributed by atoms with Crippen LogP contribution in [0.3, 0.4) is 0 Å². The van der Waals surface area contributed by atoms with Gasteiger partial charge in [-0.3, -0.25) is 14.5 Å². The highest BCUT2D eigenvalue weighted by molar-refractivity contribution is 8.26. The fraction of sp³-hybridized carbons (Fsp3) is 0.294. The van der Waals surface area contributed by atoms with Crippen LogP contribution in [0.5, 0.6) is 5.75 Å². The predicted octanol–water partition coefficient (Wildman–Crippen LogP) is 2.98. The summed E-state index contributed by atoms with van der Waals surface area (Å²) in [6, 6.07) is 7.19. The van der Waals surface area contributed by atoms with Gasteiger partial charge in [-0.05, 0) is 42.4 Å². The molecule has 9 heteroatoms. The van der Waals surface area contributed by atoms with E-state index in [0.717, 1.165) is 5.56 Å². The number of benzene rings is 1. The zero-order chi connectivity index (χ0) is 19.3. The Morgan fingerprint density at radius 3 is 2.58 bits per heavy atom. The lowest BCUT2D eigenvalue weighted by atomic mass is 10.2. The van der Waals surface area contributed by atoms with Crippen LogP contribution in [0.4, 0.5) is 0 Å². The van der Waals surface area contributed by atoms with Crippen molar-refractivity contribution >= 4 is 63.6 Å². The van der Waals surface area contributed by atoms with Gasteiger partial charge in [0.25, 0.3) is 11.1 Å². The summed E-state index contributed by atoms with van der Waals surface area (Å²) in [5.41, 5.74) is 0.833. The van der Waals surface area contributed by atoms with Crippen LogP contribution in [-0.2, 0) is 9.59 Å². The van der Waals surface area contributed by atoms with Crippen molar-refractivity contribution in [3.8, 4) is 5.75 Å². The van der Waals surface area contributed by atoms with Crippen LogP contribution >= 0.6 is 36.2 Å². The van der Waals surface area contributed by atoms with E-state index in [0.29, 0.717) is 33.1 Å². The molecule has 138 valence electrons. The van der Waals surface area contributed by atoms with Gasteiger partial charge in [0.1, 0.15) is 10.1 Å². The van der Waals surface area contributed by atoms with Crippen LogP contribution in [0.2, 0.25) is 0 Å². The molecule has 0 saturated carbocycles. The Morgan fingerprint density at radius 1 is 1.35 bits per heavy atom. The number of carboxylic acids is 1. The van der Waals surface area contributed by atoms with Gasteiger partial charge in [-0.15, -0.1) is 0 Å². The van der Waals surface area contributed by atoms with Gasteiger partial charge in [-0.25, -0.2) is 0 Å². The van der Waals surface area contributed by atoms with Gasteiger partial charge in [-0.2, -0.15) is 0 Å². The number of nitrogens with zero attached hydrogens (tertiary/aromatic N) is 2. The van der Waals surface area contributed by atoms with Gasteiger partial charge in [0.15, 0.2) is 0 Å². The first-order valence-corrected chi connectivity index (χ1v) is 9.37. The molecule has 1 aliphatic heterocycles. The number of rotatable bonds is 6. The summed E-state index contributed by atoms with van der Waals surface area (Å²) in [6.45, 7) is 0.309. The fourth-order valence-electron chi connectivity index (χ4n) is 2.06. The molecule has 1 aromatic rings. The number of thioether (sulfide) groups is 1. The van der Waals surface area contributed by atoms with Crippen molar-refractivity contribution in [2.75, 3.05) is 20.6 Å². The topological polar surface area (TPSA) is 70.1 Å². The molecule has 0 aromatic heterocycles. The second kappa shape index (κ2) is 9.11. The minimum absolute atomic E-state index is 0.00633. The lowest BCUT2D eigenvalue weighted by Gasteiger charge is -2.14. The number of ether oxygens (including phenoxy) is 1. The third-order valence-electron chi connectivity index (χ3n) is 3.39. The molecular weight excluding hydrogens is 392 g/mol. The van der Waals surface area contributed by atoms with E-state index in [-0.39, 0.29) is 12.3 Å². The van der Waals surface area contributed by atoms with Crippen molar-refractivity contribution in [2.45, 2.75) is 12.8 Å². The van der Waals surface area contributed by atoms with E-state index in [4.69, 9.17) is 34.3 Å². The summed E-state index contributed by atoms with van der Waals surface area (Å²) in [5.74, 6) is -0.469. The Labute approximate surface area is 166 Å². The van der Waals surface area contributed by atoms with Crippen molar-refractivity contribution in [1.29, 1.82) is 0 Å². The van der Waals surface area contributed by atoms with E-state index in [9.17, 15) is 9.59 Å². The molecule has 0 unspecified atom stereocenters. The van der Waals surface area contributed by atoms with Crippen LogP contribution in [0.1, 0.15) is 18.4 Å². The number of thiocarbonyl (C=S) groups is 2. The molecule has 1 amide bonds. The molecule has 0 atom stereocenters. The molecule has 6 nitrogen and oxygen atoms in total. The number of aliphatic carboxylic acids is 1. The Morgan fingerprint density at radius 2 is 2.00 bits per heavy atom. The highest BCUT2D eigenvalue weighted by Gasteiger charge is 2.31. The molecule has 1 N–H and O–H groups in total. The third-order valence-corrected chi connectivity index (χ3v) is 5.22. The number of carbonyl (C=O) groups excluding carboxylic acids is 1. The molecular formula is C17H18N2O4S3. The monoisotopic (exact) mass is 410 g/mol. The summed E-state index contributed by atoms with van der Waals surface area (Å²) in [4.78, 5) is 26.7. The molecule has 1 aliphatic rings. The standard InChI is InChI=1S/C17H18N2O4S3/c1-18(2)16(24)23-12-7-5-11(6-8-12)10-13-15(22)19(17(25)26-13)9-3-4-14(20)21/h5-8,10H,3-4,9H2,1-2H3,(H,20,21)/b13-10-. The lowest BCUT2D eigenvalue weighted by Crippen LogP contribution is -2.29. The highest BCUT2D eigenvalue weighted by Crippen LogP contribution is 2.33. The quantitative estimate of drug-likeness (QED) is 0.567. The van der Waals surface area contributed by atoms with Gasteiger partial charge in [0.05, 0.1) is 4.91 Å². The number of hydrogen-bond acceptors (Lipinski definition) is 6. The average molecular weight is 411 g/mol. The van der Waals surface area contributed by atoms with E-state index < -0.39 is 5.97 Å². The smallest absolute Gasteiger partial charge is 0.303 e. The van der Waals surface area contributed by atoms with Gasteiger partial charge in [0.2, 0.25) is 0 Å². The molecule has 0 radical (unpaired) electrons. The molecule has 2 rings (SSSR count). The predicted molar refractivity (Wildman–Crippen MR) is 110 cm³/mol. The largest absolute Gasteiger partial charge is 0.481 e. The molecule has 0 aliphatic carbocycles. The number of amides is 1. The summed E-state index contributed by atoms with van der Waals surface area (Å²) >= 11 is 11.5. The first kappa shape index (κ1) is 20.3. The van der Waals surface area contributed by atoms with Crippen LogP contribution in [0, 0.1) is 0 Å². The normalized spacial score (nSPS) is 15.5. The number of hydrogen-bond donors (Lipinski definition) is 1. The first-order valence-electron chi connectivity index (χ1n) is 7.74. The van der Waals surface area contributed by atoms with E-state index >= 15 is 0 Å². The van der Waals surface area contributed by atoms with Gasteiger partial charge in [0, 0.05) is 27.1 Å². The molecule has 26 heavy (non-hydrogen) atoms. The maximum atomic E-state index is 12.4. The van der Waals surface area contributed by atoms with Crippen LogP contribution < -0.4 is 4.74 Å². The Bertz CT molecular complexity index is 760. The maximum Gasteiger partial charge on any atom is 0.303 e. The Hall–Kier alpha value is -1.97. The van der Waals surface area contributed by atoms with Gasteiger partial charge < -0.3 is 14.7 Å². The molecule has 0 bridgehead atoms. The maximum absolute atomic E-state index is 12.4. The van der Waals surface area contributed by atoms with E-state index in [1.165, 1.54) is 16.7 Å². The van der Waals surface area contributed by atoms with E-state index in [2.05, 4.69) is 0 Å². The van der Waals surface area contributed by atoms with Crippen molar-refractivity contribution < 1.29 is 19.4 Å². The van der Waals surface area contributed by atoms with Crippen LogP contribution in [0.15, 0.2) is 29.2 Å². The van der Waals surface area contributed by atoms with E-state index in [1.54, 1.807) is 37.2 Å². The van der Waals surface area contributed by atoms with Crippen molar-refractivity contribution in [1.82, 2.24) is 9.80 Å². The fourth-order valence-corrected chi connectivity index (χ4v) is 3.46. The molecule has 1 aromatic carbocycles. The lowest BCUT2D eigenvalue weighted by molar-refractivity contribution is -0.137. The second-order valence-corrected chi connectivity index (χ2v) is 7.69. The summed E-state index contributed by atoms with van der Waals surface area (Å²) in [7, 11) is 3.60. The Kier molecular flexibility index (Phi) is 7.13. The zero-order valence-corrected chi connectivity index (χ0v) is 16.7. The van der Waals surface area contributed by atoms with Crippen LogP contribution in [0.25, 0.3) is 6.08 Å².